The molecule has 0 aliphatic heterocycles. The van der Waals surface area contributed by atoms with E-state index in [4.69, 9.17) is 0 Å². The van der Waals surface area contributed by atoms with Crippen molar-refractivity contribution in [2.45, 2.75) is 52.4 Å². The normalized spacial score (nSPS) is 11.2. The predicted molar refractivity (Wildman–Crippen MR) is 68.4 cm³/mol. The highest BCUT2D eigenvalue weighted by atomic mass is 16.6. The Morgan fingerprint density at radius 3 is 2.41 bits per heavy atom. The standard InChI is InChI=1S/C14H22O3/c1-3-5-7-8-10-12-14(16)17-13(15)11-9-6-4-2/h4,6,9,11H,3,5,7-8,10,12H2,1-2H3/b6-4+,11-9+. The van der Waals surface area contributed by atoms with Gasteiger partial charge in [0, 0.05) is 12.5 Å². The monoisotopic (exact) mass is 238 g/mol. The van der Waals surface area contributed by atoms with Crippen LogP contribution in [-0.4, -0.2) is 11.9 Å². The summed E-state index contributed by atoms with van der Waals surface area (Å²) in [6.45, 7) is 3.99. The summed E-state index contributed by atoms with van der Waals surface area (Å²) in [5.74, 6) is -1.03. The number of hydrogen-bond acceptors (Lipinski definition) is 3. The fourth-order valence-electron chi connectivity index (χ4n) is 1.32. The molecule has 0 aromatic rings. The fourth-order valence-corrected chi connectivity index (χ4v) is 1.32. The Morgan fingerprint density at radius 1 is 1.06 bits per heavy atom. The van der Waals surface area contributed by atoms with Gasteiger partial charge in [-0.2, -0.15) is 0 Å². The number of carbonyl (C=O) groups excluding carboxylic acids is 2. The predicted octanol–water partition coefficient (Wildman–Crippen LogP) is 3.55. The van der Waals surface area contributed by atoms with Crippen molar-refractivity contribution in [1.29, 1.82) is 0 Å². The molecule has 0 saturated carbocycles. The molecule has 3 heteroatoms. The van der Waals surface area contributed by atoms with Crippen molar-refractivity contribution in [2.24, 2.45) is 0 Å². The van der Waals surface area contributed by atoms with E-state index >= 15 is 0 Å². The zero-order valence-corrected chi connectivity index (χ0v) is 10.8. The van der Waals surface area contributed by atoms with Gasteiger partial charge in [-0.25, -0.2) is 4.79 Å². The average Bonchev–Trinajstić information content (AvgIpc) is 2.29. The van der Waals surface area contributed by atoms with Crippen molar-refractivity contribution >= 4 is 11.9 Å². The summed E-state index contributed by atoms with van der Waals surface area (Å²) in [7, 11) is 0. The largest absolute Gasteiger partial charge is 0.390 e. The molecule has 0 heterocycles. The van der Waals surface area contributed by atoms with E-state index in [-0.39, 0.29) is 0 Å². The summed E-state index contributed by atoms with van der Waals surface area (Å²) in [6.07, 6.45) is 11.9. The second-order valence-corrected chi connectivity index (χ2v) is 3.84. The maximum Gasteiger partial charge on any atom is 0.338 e. The molecule has 0 aliphatic rings. The summed E-state index contributed by atoms with van der Waals surface area (Å²) in [5.41, 5.74) is 0. The summed E-state index contributed by atoms with van der Waals surface area (Å²) in [4.78, 5) is 22.3. The van der Waals surface area contributed by atoms with Crippen LogP contribution < -0.4 is 0 Å². The Labute approximate surface area is 104 Å². The quantitative estimate of drug-likeness (QED) is 0.213. The molecule has 0 N–H and O–H groups in total. The topological polar surface area (TPSA) is 43.4 Å². The van der Waals surface area contributed by atoms with E-state index in [0.717, 1.165) is 19.3 Å². The molecule has 0 unspecified atom stereocenters. The molecular formula is C14H22O3. The molecule has 0 radical (unpaired) electrons. The molecule has 0 aliphatic carbocycles. The molecule has 0 aromatic heterocycles. The number of esters is 2. The van der Waals surface area contributed by atoms with Gasteiger partial charge in [-0.15, -0.1) is 0 Å². The molecule has 3 nitrogen and oxygen atoms in total. The molecule has 0 atom stereocenters. The maximum atomic E-state index is 11.2. The molecule has 0 amide bonds. The summed E-state index contributed by atoms with van der Waals surface area (Å²) < 4.78 is 4.60. The minimum atomic E-state index is -0.596. The van der Waals surface area contributed by atoms with Gasteiger partial charge in [0.25, 0.3) is 0 Å². The van der Waals surface area contributed by atoms with Crippen molar-refractivity contribution in [1.82, 2.24) is 0 Å². The smallest absolute Gasteiger partial charge is 0.338 e. The van der Waals surface area contributed by atoms with Crippen molar-refractivity contribution < 1.29 is 14.3 Å². The van der Waals surface area contributed by atoms with Crippen LogP contribution >= 0.6 is 0 Å². The molecule has 0 spiro atoms. The summed E-state index contributed by atoms with van der Waals surface area (Å²) in [5, 5.41) is 0. The molecule has 0 fully saturated rings. The van der Waals surface area contributed by atoms with Crippen LogP contribution in [0.4, 0.5) is 0 Å². The second kappa shape index (κ2) is 11.1. The number of hydrogen-bond donors (Lipinski definition) is 0. The molecule has 96 valence electrons. The van der Waals surface area contributed by atoms with Crippen LogP contribution in [-0.2, 0) is 14.3 Å². The zero-order chi connectivity index (χ0) is 12.9. The molecule has 0 saturated heterocycles. The number of carbonyl (C=O) groups is 2. The van der Waals surface area contributed by atoms with E-state index in [9.17, 15) is 9.59 Å². The lowest BCUT2D eigenvalue weighted by Gasteiger charge is -2.00. The minimum absolute atomic E-state index is 0.326. The van der Waals surface area contributed by atoms with Gasteiger partial charge >= 0.3 is 11.9 Å². The Bertz CT molecular complexity index is 277. The van der Waals surface area contributed by atoms with Gasteiger partial charge in [0.05, 0.1) is 0 Å². The lowest BCUT2D eigenvalue weighted by molar-refractivity contribution is -0.156. The highest BCUT2D eigenvalue weighted by Crippen LogP contribution is 2.05. The molecular weight excluding hydrogens is 216 g/mol. The van der Waals surface area contributed by atoms with Gasteiger partial charge < -0.3 is 4.74 Å². The van der Waals surface area contributed by atoms with Crippen LogP contribution in [0.3, 0.4) is 0 Å². The van der Waals surface area contributed by atoms with Crippen molar-refractivity contribution in [3.05, 3.63) is 24.3 Å². The van der Waals surface area contributed by atoms with Crippen LogP contribution in [0.15, 0.2) is 24.3 Å². The number of rotatable bonds is 8. The third-order valence-corrected chi connectivity index (χ3v) is 2.23. The van der Waals surface area contributed by atoms with E-state index in [1.165, 1.54) is 18.9 Å². The molecule has 0 bridgehead atoms. The van der Waals surface area contributed by atoms with E-state index in [1.54, 1.807) is 18.2 Å². The van der Waals surface area contributed by atoms with Gasteiger partial charge in [-0.05, 0) is 13.3 Å². The van der Waals surface area contributed by atoms with E-state index in [1.807, 2.05) is 6.92 Å². The third-order valence-electron chi connectivity index (χ3n) is 2.23. The maximum absolute atomic E-state index is 11.2. The summed E-state index contributed by atoms with van der Waals surface area (Å²) in [6, 6.07) is 0. The third kappa shape index (κ3) is 10.9. The average molecular weight is 238 g/mol. The molecule has 0 aromatic carbocycles. The first-order valence-corrected chi connectivity index (χ1v) is 6.24. The van der Waals surface area contributed by atoms with Crippen LogP contribution in [0.5, 0.6) is 0 Å². The molecule has 17 heavy (non-hydrogen) atoms. The lowest BCUT2D eigenvalue weighted by Crippen LogP contribution is -2.09. The Hall–Kier alpha value is -1.38. The first-order chi connectivity index (χ1) is 8.20. The Kier molecular flexibility index (Phi) is 10.2. The number of unbranched alkanes of at least 4 members (excludes halogenated alkanes) is 4. The number of ether oxygens (including phenoxy) is 1. The number of allylic oxidation sites excluding steroid dienone is 3. The van der Waals surface area contributed by atoms with Gasteiger partial charge in [-0.1, -0.05) is 50.8 Å². The van der Waals surface area contributed by atoms with Crippen LogP contribution in [0.25, 0.3) is 0 Å². The van der Waals surface area contributed by atoms with Crippen molar-refractivity contribution in [3.8, 4) is 0 Å². The van der Waals surface area contributed by atoms with Gasteiger partial charge in [-0.3, -0.25) is 4.79 Å². The summed E-state index contributed by atoms with van der Waals surface area (Å²) >= 11 is 0. The SMILES string of the molecule is C/C=C/C=C/C(=O)OC(=O)CCCCCCC. The zero-order valence-electron chi connectivity index (χ0n) is 10.8. The first kappa shape index (κ1) is 15.6. The fraction of sp³-hybridized carbons (Fsp3) is 0.571. The van der Waals surface area contributed by atoms with Crippen LogP contribution in [0, 0.1) is 0 Å². The van der Waals surface area contributed by atoms with Crippen LogP contribution in [0.2, 0.25) is 0 Å². The van der Waals surface area contributed by atoms with E-state index in [2.05, 4.69) is 11.7 Å². The van der Waals surface area contributed by atoms with Gasteiger partial charge in [0.15, 0.2) is 0 Å². The van der Waals surface area contributed by atoms with Crippen molar-refractivity contribution in [3.63, 3.8) is 0 Å². The highest BCUT2D eigenvalue weighted by molar-refractivity contribution is 5.92. The first-order valence-electron chi connectivity index (χ1n) is 6.24. The van der Waals surface area contributed by atoms with E-state index < -0.39 is 11.9 Å². The Morgan fingerprint density at radius 2 is 1.76 bits per heavy atom. The van der Waals surface area contributed by atoms with Gasteiger partial charge in [0.2, 0.25) is 0 Å². The Balaban J connectivity index is 3.61. The van der Waals surface area contributed by atoms with Gasteiger partial charge in [0.1, 0.15) is 0 Å². The van der Waals surface area contributed by atoms with Crippen LogP contribution in [0.1, 0.15) is 52.4 Å². The van der Waals surface area contributed by atoms with Crippen molar-refractivity contribution in [2.75, 3.05) is 0 Å². The van der Waals surface area contributed by atoms with E-state index in [0.29, 0.717) is 6.42 Å². The second-order valence-electron chi connectivity index (χ2n) is 3.84. The lowest BCUT2D eigenvalue weighted by atomic mass is 10.1. The highest BCUT2D eigenvalue weighted by Gasteiger charge is 2.06. The molecule has 0 rings (SSSR count). The minimum Gasteiger partial charge on any atom is -0.390 e.